The minimum absolute atomic E-state index is 0.329. The van der Waals surface area contributed by atoms with Crippen molar-refractivity contribution in [2.45, 2.75) is 53.4 Å². The lowest BCUT2D eigenvalue weighted by Gasteiger charge is -2.36. The number of nitrogens with one attached hydrogen (secondary N) is 1. The van der Waals surface area contributed by atoms with E-state index in [2.05, 4.69) is 41.3 Å². The Labute approximate surface area is 191 Å². The Morgan fingerprint density at radius 3 is 2.83 bits per heavy atom. The largest absolute Gasteiger partial charge is 0.260 e. The Bertz CT molecular complexity index is 1120. The van der Waals surface area contributed by atoms with E-state index in [-0.39, 0.29) is 0 Å². The maximum absolute atomic E-state index is 6.33. The van der Waals surface area contributed by atoms with E-state index in [1.165, 1.54) is 23.3 Å². The second kappa shape index (κ2) is 8.45. The molecule has 0 fully saturated rings. The van der Waals surface area contributed by atoms with Crippen molar-refractivity contribution in [1.29, 1.82) is 0 Å². The number of aryl methyl sites for hydroxylation is 1. The highest BCUT2D eigenvalue weighted by atomic mass is 35.5. The SMILES string of the molecule is CCC(C)(C)[C@H]1CCc2sc3ncnc(N/N=C(/C)c4ccc(Cl)cc4Cl)c3c2C1. The number of hydrogen-bond acceptors (Lipinski definition) is 5. The first-order chi connectivity index (χ1) is 14.3. The highest BCUT2D eigenvalue weighted by Crippen LogP contribution is 2.45. The second-order valence-corrected chi connectivity index (χ2v) is 10.5. The molecule has 7 heteroatoms. The molecule has 30 heavy (non-hydrogen) atoms. The molecule has 0 unspecified atom stereocenters. The van der Waals surface area contributed by atoms with E-state index in [1.807, 2.05) is 19.1 Å². The molecule has 1 aromatic carbocycles. The number of hydrazone groups is 1. The molecule has 0 saturated heterocycles. The van der Waals surface area contributed by atoms with E-state index in [9.17, 15) is 0 Å². The van der Waals surface area contributed by atoms with E-state index >= 15 is 0 Å². The molecule has 4 rings (SSSR count). The first kappa shape index (κ1) is 21.5. The molecular weight excluding hydrogens is 435 g/mol. The highest BCUT2D eigenvalue weighted by molar-refractivity contribution is 7.19. The zero-order valence-electron chi connectivity index (χ0n) is 17.7. The maximum atomic E-state index is 6.33. The molecular formula is C23H26Cl2N4S. The van der Waals surface area contributed by atoms with Crippen molar-refractivity contribution in [1.82, 2.24) is 9.97 Å². The summed E-state index contributed by atoms with van der Waals surface area (Å²) in [6, 6.07) is 5.42. The molecule has 0 bridgehead atoms. The molecule has 158 valence electrons. The summed E-state index contributed by atoms with van der Waals surface area (Å²) in [5, 5.41) is 6.88. The third-order valence-corrected chi connectivity index (χ3v) is 8.26. The average molecular weight is 461 g/mol. The monoisotopic (exact) mass is 460 g/mol. The second-order valence-electron chi connectivity index (χ2n) is 8.62. The highest BCUT2D eigenvalue weighted by Gasteiger charge is 2.33. The van der Waals surface area contributed by atoms with E-state index in [4.69, 9.17) is 23.2 Å². The van der Waals surface area contributed by atoms with Gasteiger partial charge < -0.3 is 0 Å². The van der Waals surface area contributed by atoms with Gasteiger partial charge in [0.1, 0.15) is 11.2 Å². The molecule has 3 aromatic rings. The number of fused-ring (bicyclic) bond motifs is 3. The Balaban J connectivity index is 1.68. The number of benzene rings is 1. The Morgan fingerprint density at radius 2 is 2.10 bits per heavy atom. The lowest BCUT2D eigenvalue weighted by atomic mass is 9.69. The van der Waals surface area contributed by atoms with Crippen molar-refractivity contribution in [3.05, 3.63) is 50.6 Å². The van der Waals surface area contributed by atoms with Crippen LogP contribution in [-0.2, 0) is 12.8 Å². The van der Waals surface area contributed by atoms with Crippen LogP contribution in [0.25, 0.3) is 10.2 Å². The standard InChI is InChI=1S/C23H26Cl2N4S/c1-5-23(3,4)14-6-9-19-17(10-14)20-21(26-12-27-22(20)30-19)29-28-13(2)16-8-7-15(24)11-18(16)25/h7-8,11-12,14H,5-6,9-10H2,1-4H3,(H,26,27,29)/b28-13-/t14-/m0/s1. The lowest BCUT2D eigenvalue weighted by molar-refractivity contribution is 0.184. The summed E-state index contributed by atoms with van der Waals surface area (Å²) in [6.45, 7) is 8.98. The minimum atomic E-state index is 0.329. The van der Waals surface area contributed by atoms with Gasteiger partial charge in [0.2, 0.25) is 0 Å². The van der Waals surface area contributed by atoms with Crippen molar-refractivity contribution < 1.29 is 0 Å². The fraction of sp³-hybridized carbons (Fsp3) is 0.435. The van der Waals surface area contributed by atoms with Gasteiger partial charge in [0.15, 0.2) is 5.82 Å². The summed E-state index contributed by atoms with van der Waals surface area (Å²) in [4.78, 5) is 11.5. The molecule has 0 spiro atoms. The summed E-state index contributed by atoms with van der Waals surface area (Å²) < 4.78 is 0. The predicted octanol–water partition coefficient (Wildman–Crippen LogP) is 7.38. The fourth-order valence-corrected chi connectivity index (χ4v) is 5.86. The van der Waals surface area contributed by atoms with Crippen LogP contribution in [-0.4, -0.2) is 15.7 Å². The Hall–Kier alpha value is -1.69. The number of thiophene rings is 1. The number of nitrogens with zero attached hydrogens (tertiary/aromatic N) is 3. The molecule has 1 atom stereocenters. The van der Waals surface area contributed by atoms with Crippen LogP contribution in [0.5, 0.6) is 0 Å². The summed E-state index contributed by atoms with van der Waals surface area (Å²) in [5.41, 5.74) is 6.53. The summed E-state index contributed by atoms with van der Waals surface area (Å²) in [6.07, 6.45) is 6.22. The Kier molecular flexibility index (Phi) is 6.06. The van der Waals surface area contributed by atoms with Gasteiger partial charge in [-0.1, -0.05) is 56.5 Å². The van der Waals surface area contributed by atoms with Crippen molar-refractivity contribution in [2.75, 3.05) is 5.43 Å². The van der Waals surface area contributed by atoms with Crippen LogP contribution >= 0.6 is 34.5 Å². The number of rotatable bonds is 5. The van der Waals surface area contributed by atoms with Gasteiger partial charge >= 0.3 is 0 Å². The van der Waals surface area contributed by atoms with Gasteiger partial charge in [-0.3, -0.25) is 5.43 Å². The van der Waals surface area contributed by atoms with Crippen LogP contribution in [0.15, 0.2) is 29.6 Å². The van der Waals surface area contributed by atoms with E-state index in [1.54, 1.807) is 23.7 Å². The molecule has 0 amide bonds. The molecule has 0 aliphatic heterocycles. The predicted molar refractivity (Wildman–Crippen MR) is 129 cm³/mol. The van der Waals surface area contributed by atoms with Gasteiger partial charge in [-0.05, 0) is 55.2 Å². The summed E-state index contributed by atoms with van der Waals surface area (Å²) >= 11 is 14.1. The van der Waals surface area contributed by atoms with Crippen LogP contribution in [0.2, 0.25) is 10.0 Å². The average Bonchev–Trinajstić information content (AvgIpc) is 3.10. The van der Waals surface area contributed by atoms with Gasteiger partial charge in [0, 0.05) is 15.5 Å². The van der Waals surface area contributed by atoms with Crippen LogP contribution < -0.4 is 5.43 Å². The molecule has 2 heterocycles. The van der Waals surface area contributed by atoms with Crippen molar-refractivity contribution in [3.63, 3.8) is 0 Å². The van der Waals surface area contributed by atoms with E-state index < -0.39 is 0 Å². The Morgan fingerprint density at radius 1 is 1.30 bits per heavy atom. The first-order valence-corrected chi connectivity index (χ1v) is 11.9. The summed E-state index contributed by atoms with van der Waals surface area (Å²) in [5.74, 6) is 1.43. The van der Waals surface area contributed by atoms with Crippen molar-refractivity contribution in [2.24, 2.45) is 16.4 Å². The number of hydrogen-bond donors (Lipinski definition) is 1. The minimum Gasteiger partial charge on any atom is -0.260 e. The number of halogens is 2. The third kappa shape index (κ3) is 4.08. The quantitative estimate of drug-likeness (QED) is 0.319. The normalized spacial score (nSPS) is 17.3. The molecule has 4 nitrogen and oxygen atoms in total. The van der Waals surface area contributed by atoms with Gasteiger partial charge in [0.25, 0.3) is 0 Å². The zero-order chi connectivity index (χ0) is 21.5. The first-order valence-electron chi connectivity index (χ1n) is 10.3. The summed E-state index contributed by atoms with van der Waals surface area (Å²) in [7, 11) is 0. The van der Waals surface area contributed by atoms with E-state index in [0.717, 1.165) is 40.2 Å². The van der Waals surface area contributed by atoms with Gasteiger partial charge in [-0.2, -0.15) is 5.10 Å². The fourth-order valence-electron chi connectivity index (χ4n) is 4.13. The third-order valence-electron chi connectivity index (χ3n) is 6.51. The van der Waals surface area contributed by atoms with Crippen LogP contribution in [0, 0.1) is 11.3 Å². The van der Waals surface area contributed by atoms with Crippen LogP contribution in [0.1, 0.15) is 56.5 Å². The number of anilines is 1. The topological polar surface area (TPSA) is 50.2 Å². The smallest absolute Gasteiger partial charge is 0.158 e. The van der Waals surface area contributed by atoms with Gasteiger partial charge in [-0.15, -0.1) is 11.3 Å². The molecule has 1 aliphatic carbocycles. The zero-order valence-corrected chi connectivity index (χ0v) is 20.0. The molecule has 0 saturated carbocycles. The lowest BCUT2D eigenvalue weighted by Crippen LogP contribution is -2.28. The molecule has 1 aliphatic rings. The van der Waals surface area contributed by atoms with Crippen molar-refractivity contribution in [3.8, 4) is 0 Å². The molecule has 2 aromatic heterocycles. The maximum Gasteiger partial charge on any atom is 0.158 e. The number of aromatic nitrogens is 2. The van der Waals surface area contributed by atoms with Crippen molar-refractivity contribution >= 4 is 56.3 Å². The van der Waals surface area contributed by atoms with Gasteiger partial charge in [-0.25, -0.2) is 9.97 Å². The van der Waals surface area contributed by atoms with E-state index in [0.29, 0.717) is 21.4 Å². The van der Waals surface area contributed by atoms with Gasteiger partial charge in [0.05, 0.1) is 16.1 Å². The molecule has 0 radical (unpaired) electrons. The van der Waals surface area contributed by atoms with Crippen LogP contribution in [0.4, 0.5) is 5.82 Å². The van der Waals surface area contributed by atoms with Crippen LogP contribution in [0.3, 0.4) is 0 Å². The molecule has 1 N–H and O–H groups in total.